The third-order valence-corrected chi connectivity index (χ3v) is 16.5. The number of nitrogens with one attached hydrogen (secondary N) is 6. The molecular formula is C45H61N7O14S3. The van der Waals surface area contributed by atoms with Crippen molar-refractivity contribution in [2.24, 2.45) is 28.8 Å². The molecule has 0 aromatic heterocycles. The standard InChI is InChI=1S/C23H31N3O6S.C22H30N4O8S2/c1-11-4-6-14(7-5-11)9-25-21(28)16-8-15(10-24-16)33-20-12(2)18(26-19(20)23(31)32)17(13(3)27)22(29)30;1-10-17(16(11(2)27)21(29)30)26-18(22(31)32)19(10)35-13-7-15(24-9-13)20(28)25-8-12-3-5-14(6-4-12)36(23,33)34/h4-7,12-13,15-18,24,26-27H,8-10H2,1-3H3,(H,25,28)(H,29,30)(H,31,32);3-6,10-11,13,15-17,24,26-27H,7-9H2,1-2H3,(H,25,28)(H,29,30)(H,31,32)(H2,23,33,34)/t12-,13-,15+,16+,17-,18-;10-,11-,13+,15+,16-,17-/m11/s1. The number of hydrogen-bond donors (Lipinski definition) is 13. The Bertz CT molecular complexity index is 2420. The van der Waals surface area contributed by atoms with Crippen molar-refractivity contribution in [3.05, 3.63) is 86.4 Å². The smallest absolute Gasteiger partial charge is 0.352 e. The van der Waals surface area contributed by atoms with Gasteiger partial charge in [-0.05, 0) is 56.9 Å². The number of benzene rings is 2. The first-order chi connectivity index (χ1) is 32.4. The monoisotopic (exact) mass is 1020 g/mol. The lowest BCUT2D eigenvalue weighted by Gasteiger charge is -2.27. The predicted octanol–water partition coefficient (Wildman–Crippen LogP) is 0.460. The molecule has 21 nitrogen and oxygen atoms in total. The van der Waals surface area contributed by atoms with E-state index in [1.54, 1.807) is 26.0 Å². The maximum atomic E-state index is 12.6. The van der Waals surface area contributed by atoms with Gasteiger partial charge in [0.15, 0.2) is 0 Å². The van der Waals surface area contributed by atoms with Crippen molar-refractivity contribution in [1.82, 2.24) is 31.9 Å². The van der Waals surface area contributed by atoms with Gasteiger partial charge < -0.3 is 62.5 Å². The first-order valence-corrected chi connectivity index (χ1v) is 25.5. The fraction of sp³-hybridized carbons (Fsp3) is 0.511. The van der Waals surface area contributed by atoms with Crippen LogP contribution in [0.15, 0.2) is 74.6 Å². The number of aliphatic hydroxyl groups is 2. The van der Waals surface area contributed by atoms with Crippen LogP contribution in [-0.4, -0.2) is 135 Å². The van der Waals surface area contributed by atoms with Gasteiger partial charge in [-0.15, -0.1) is 23.5 Å². The van der Waals surface area contributed by atoms with Crippen molar-refractivity contribution >= 4 is 69.2 Å². The molecule has 4 heterocycles. The highest BCUT2D eigenvalue weighted by atomic mass is 32.2. The molecule has 2 fully saturated rings. The van der Waals surface area contributed by atoms with Gasteiger partial charge in [0.1, 0.15) is 23.2 Å². The molecule has 2 amide bonds. The van der Waals surface area contributed by atoms with E-state index in [2.05, 4.69) is 31.9 Å². The van der Waals surface area contributed by atoms with Crippen molar-refractivity contribution in [2.75, 3.05) is 13.1 Å². The number of nitrogens with two attached hydrogens (primary N) is 1. The van der Waals surface area contributed by atoms with Crippen LogP contribution in [0.25, 0.3) is 0 Å². The van der Waals surface area contributed by atoms with Crippen LogP contribution in [0.1, 0.15) is 57.2 Å². The lowest BCUT2D eigenvalue weighted by atomic mass is 9.87. The number of carbonyl (C=O) groups excluding carboxylic acids is 2. The van der Waals surface area contributed by atoms with E-state index in [0.717, 1.165) is 11.1 Å². The summed E-state index contributed by atoms with van der Waals surface area (Å²) in [5.74, 6) is -8.35. The number of hydrogen-bond acceptors (Lipinski definition) is 16. The van der Waals surface area contributed by atoms with Crippen LogP contribution in [0, 0.1) is 30.6 Å². The highest BCUT2D eigenvalue weighted by Crippen LogP contribution is 2.43. The molecule has 4 aliphatic heterocycles. The molecule has 0 unspecified atom stereocenters. The number of carboxylic acids is 4. The van der Waals surface area contributed by atoms with E-state index in [1.807, 2.05) is 31.2 Å². The molecule has 14 N–H and O–H groups in total. The highest BCUT2D eigenvalue weighted by Gasteiger charge is 2.47. The Balaban J connectivity index is 0.000000258. The van der Waals surface area contributed by atoms with E-state index >= 15 is 0 Å². The molecule has 378 valence electrons. The first-order valence-electron chi connectivity index (χ1n) is 22.2. The molecule has 2 aromatic rings. The summed E-state index contributed by atoms with van der Waals surface area (Å²) in [6.07, 6.45) is -1.37. The Morgan fingerprint density at radius 1 is 0.667 bits per heavy atom. The Morgan fingerprint density at radius 2 is 1.03 bits per heavy atom. The number of carboxylic acid groups (broad SMARTS) is 4. The van der Waals surface area contributed by atoms with Gasteiger partial charge in [0, 0.05) is 70.4 Å². The number of aliphatic carboxylic acids is 4. The van der Waals surface area contributed by atoms with Gasteiger partial charge in [-0.2, -0.15) is 0 Å². The molecule has 0 bridgehead atoms. The van der Waals surface area contributed by atoms with Gasteiger partial charge in [-0.3, -0.25) is 19.2 Å². The number of thioether (sulfide) groups is 2. The van der Waals surface area contributed by atoms with Gasteiger partial charge in [-0.25, -0.2) is 23.1 Å². The van der Waals surface area contributed by atoms with Crippen LogP contribution in [0.2, 0.25) is 0 Å². The van der Waals surface area contributed by atoms with Crippen molar-refractivity contribution in [3.8, 4) is 0 Å². The van der Waals surface area contributed by atoms with Gasteiger partial charge in [0.2, 0.25) is 21.8 Å². The van der Waals surface area contributed by atoms with Crippen LogP contribution >= 0.6 is 23.5 Å². The number of aryl methyl sites for hydroxylation is 1. The molecule has 0 radical (unpaired) electrons. The summed E-state index contributed by atoms with van der Waals surface area (Å²) >= 11 is 2.65. The average molecular weight is 1020 g/mol. The second-order valence-electron chi connectivity index (χ2n) is 17.7. The molecule has 2 aromatic carbocycles. The van der Waals surface area contributed by atoms with Crippen molar-refractivity contribution in [2.45, 2.75) is 112 Å². The molecule has 0 saturated carbocycles. The van der Waals surface area contributed by atoms with Gasteiger partial charge >= 0.3 is 23.9 Å². The zero-order valence-electron chi connectivity index (χ0n) is 38.5. The topological polar surface area (TPSA) is 356 Å². The summed E-state index contributed by atoms with van der Waals surface area (Å²) in [6.45, 7) is 9.83. The third-order valence-electron chi connectivity index (χ3n) is 12.5. The first kappa shape index (κ1) is 54.7. The summed E-state index contributed by atoms with van der Waals surface area (Å²) in [6, 6.07) is 11.4. The number of sulfonamides is 1. The zero-order chi connectivity index (χ0) is 51.1. The van der Waals surface area contributed by atoms with Crippen LogP contribution in [-0.2, 0) is 51.9 Å². The lowest BCUT2D eigenvalue weighted by molar-refractivity contribution is -0.148. The second-order valence-corrected chi connectivity index (χ2v) is 21.9. The van der Waals surface area contributed by atoms with E-state index in [-0.39, 0.29) is 51.2 Å². The number of amides is 2. The Kier molecular flexibility index (Phi) is 18.7. The predicted molar refractivity (Wildman–Crippen MR) is 255 cm³/mol. The molecule has 0 spiro atoms. The van der Waals surface area contributed by atoms with Crippen molar-refractivity contribution in [1.29, 1.82) is 0 Å². The minimum Gasteiger partial charge on any atom is -0.481 e. The SMILES string of the molecule is C[C@@H](O)[C@@H](C(=O)O)[C@@H]1NC(C(=O)O)=C(S[C@@H]2CN[C@H](C(=O)NCc3ccc(S(N)(=O)=O)cc3)C2)[C@@H]1C.Cc1ccc(CNC(=O)[C@@H]2C[C@H](SC3=C(C(=O)O)N[C@@H]([C@H](C(=O)O)[C@@H](C)O)[C@H]3C)CN2)cc1. The summed E-state index contributed by atoms with van der Waals surface area (Å²) in [4.78, 5) is 73.3. The van der Waals surface area contributed by atoms with E-state index in [4.69, 9.17) is 5.14 Å². The fourth-order valence-corrected chi connectivity index (χ4v) is 12.2. The number of aliphatic hydroxyl groups excluding tert-OH is 2. The molecule has 0 aliphatic carbocycles. The molecule has 6 rings (SSSR count). The average Bonchev–Trinajstić information content (AvgIpc) is 4.07. The molecule has 69 heavy (non-hydrogen) atoms. The minimum absolute atomic E-state index is 0.0223. The number of carbonyl (C=O) groups is 6. The Hall–Kier alpha value is -5.21. The maximum Gasteiger partial charge on any atom is 0.352 e. The lowest BCUT2D eigenvalue weighted by Crippen LogP contribution is -2.45. The summed E-state index contributed by atoms with van der Waals surface area (Å²) < 4.78 is 22.7. The minimum atomic E-state index is -3.80. The number of rotatable bonds is 19. The van der Waals surface area contributed by atoms with Crippen LogP contribution < -0.4 is 37.0 Å². The zero-order valence-corrected chi connectivity index (χ0v) is 41.0. The van der Waals surface area contributed by atoms with E-state index in [1.165, 1.54) is 49.5 Å². The summed E-state index contributed by atoms with van der Waals surface area (Å²) in [7, 11) is -3.80. The van der Waals surface area contributed by atoms with Crippen molar-refractivity contribution < 1.29 is 67.8 Å². The molecule has 2 saturated heterocycles. The molecule has 12 atom stereocenters. The van der Waals surface area contributed by atoms with Crippen LogP contribution in [0.3, 0.4) is 0 Å². The highest BCUT2D eigenvalue weighted by molar-refractivity contribution is 8.04. The number of primary sulfonamides is 1. The quantitative estimate of drug-likeness (QED) is 0.0909. The van der Waals surface area contributed by atoms with Crippen LogP contribution in [0.4, 0.5) is 0 Å². The van der Waals surface area contributed by atoms with E-state index in [9.17, 15) is 67.8 Å². The normalized spacial score (nSPS) is 26.1. The van der Waals surface area contributed by atoms with E-state index < -0.39 is 87.9 Å². The maximum absolute atomic E-state index is 12.6. The fourth-order valence-electron chi connectivity index (χ4n) is 8.77. The van der Waals surface area contributed by atoms with Gasteiger partial charge in [-0.1, -0.05) is 55.8 Å². The van der Waals surface area contributed by atoms with Gasteiger partial charge in [0.05, 0.1) is 29.2 Å². The molecular weight excluding hydrogens is 959 g/mol. The third kappa shape index (κ3) is 14.0. The largest absolute Gasteiger partial charge is 0.481 e. The Labute approximate surface area is 408 Å². The van der Waals surface area contributed by atoms with Gasteiger partial charge in [0.25, 0.3) is 0 Å². The van der Waals surface area contributed by atoms with Crippen molar-refractivity contribution in [3.63, 3.8) is 0 Å². The second kappa shape index (κ2) is 23.6. The summed E-state index contributed by atoms with van der Waals surface area (Å²) in [5.41, 5.74) is 2.74. The van der Waals surface area contributed by atoms with Crippen LogP contribution in [0.5, 0.6) is 0 Å². The molecule has 24 heteroatoms. The van der Waals surface area contributed by atoms with E-state index in [0.29, 0.717) is 47.8 Å². The Morgan fingerprint density at radius 3 is 1.35 bits per heavy atom. The summed E-state index contributed by atoms with van der Waals surface area (Å²) in [5, 5.41) is 80.9. The molecule has 4 aliphatic rings.